The number of aromatic nitrogens is 1. The number of nitrogens with one attached hydrogen (secondary N) is 2. The third kappa shape index (κ3) is 6.19. The molecule has 176 valence electrons. The molecule has 3 N–H and O–H groups in total. The molecule has 0 aromatic carbocycles. The summed E-state index contributed by atoms with van der Waals surface area (Å²) in [5, 5.41) is 15.6. The minimum Gasteiger partial charge on any atom is -0.480 e. The van der Waals surface area contributed by atoms with Crippen molar-refractivity contribution in [1.29, 1.82) is 0 Å². The van der Waals surface area contributed by atoms with Crippen molar-refractivity contribution >= 4 is 17.7 Å². The minimum absolute atomic E-state index is 0.142. The van der Waals surface area contributed by atoms with Crippen LogP contribution in [-0.2, 0) is 31.9 Å². The van der Waals surface area contributed by atoms with E-state index in [1.807, 2.05) is 0 Å². The normalized spacial score (nSPS) is 24.9. The number of hydrogen-bond donors (Lipinski definition) is 3. The van der Waals surface area contributed by atoms with Crippen molar-refractivity contribution < 1.29 is 24.2 Å². The Bertz CT molecular complexity index is 790. The van der Waals surface area contributed by atoms with E-state index in [-0.39, 0.29) is 30.5 Å². The number of pyridine rings is 1. The second kappa shape index (κ2) is 11.1. The number of hydrogen-bond acceptors (Lipinski definition) is 6. The first-order chi connectivity index (χ1) is 15.6. The monoisotopic (exact) mass is 445 g/mol. The molecular formula is C24H35N3O5. The smallest absolute Gasteiger partial charge is 0.326 e. The number of carboxylic acid groups (broad SMARTS) is 1. The number of anilines is 1. The molecule has 4 heterocycles. The van der Waals surface area contributed by atoms with E-state index in [1.165, 1.54) is 5.56 Å². The first-order valence-corrected chi connectivity index (χ1v) is 12.1. The molecule has 0 spiro atoms. The van der Waals surface area contributed by atoms with E-state index < -0.39 is 12.0 Å². The first-order valence-electron chi connectivity index (χ1n) is 12.1. The van der Waals surface area contributed by atoms with Crippen LogP contribution in [0.3, 0.4) is 0 Å². The first kappa shape index (κ1) is 23.0. The fourth-order valence-electron chi connectivity index (χ4n) is 4.94. The van der Waals surface area contributed by atoms with Crippen molar-refractivity contribution in [3.05, 3.63) is 23.4 Å². The van der Waals surface area contributed by atoms with Crippen molar-refractivity contribution in [2.24, 2.45) is 5.92 Å². The summed E-state index contributed by atoms with van der Waals surface area (Å²) in [5.74, 6) is -0.287. The summed E-state index contributed by atoms with van der Waals surface area (Å²) in [4.78, 5) is 28.8. The molecule has 3 aliphatic rings. The average molecular weight is 446 g/mol. The molecule has 8 nitrogen and oxygen atoms in total. The summed E-state index contributed by atoms with van der Waals surface area (Å²) in [7, 11) is 0. The third-order valence-electron chi connectivity index (χ3n) is 6.75. The molecule has 2 fully saturated rings. The highest BCUT2D eigenvalue weighted by Gasteiger charge is 2.38. The van der Waals surface area contributed by atoms with Gasteiger partial charge >= 0.3 is 5.97 Å². The Hall–Kier alpha value is -2.19. The van der Waals surface area contributed by atoms with E-state index in [0.717, 1.165) is 63.0 Å². The Balaban J connectivity index is 1.10. The number of amides is 1. The van der Waals surface area contributed by atoms with Crippen molar-refractivity contribution in [3.8, 4) is 0 Å². The standard InChI is InChI=1S/C24H35N3O5/c28-23(17-14-19-8-9-20(15-17)32-19)27-21(24(29)30)10-13-31-12-2-1-5-18-7-6-16-4-3-11-25-22(16)26-18/h6-7,17,19-21H,1-5,8-15H2,(H,25,26)(H,27,28)(H,29,30)/t17?,19?,20?,21-/m0/s1. The number of fused-ring (bicyclic) bond motifs is 3. The lowest BCUT2D eigenvalue weighted by Crippen LogP contribution is -2.46. The van der Waals surface area contributed by atoms with Crippen molar-refractivity contribution in [3.63, 3.8) is 0 Å². The zero-order valence-corrected chi connectivity index (χ0v) is 18.7. The molecule has 2 unspecified atom stereocenters. The lowest BCUT2D eigenvalue weighted by molar-refractivity contribution is -0.144. The third-order valence-corrected chi connectivity index (χ3v) is 6.75. The zero-order valence-electron chi connectivity index (χ0n) is 18.7. The molecule has 3 aliphatic heterocycles. The summed E-state index contributed by atoms with van der Waals surface area (Å²) in [6.45, 7) is 1.88. The SMILES string of the molecule is O=C(N[C@@H](CCOCCCCc1ccc2c(n1)NCCC2)C(=O)O)C1CC2CCC(C1)O2. The number of ether oxygens (including phenoxy) is 2. The van der Waals surface area contributed by atoms with Gasteiger partial charge in [0.25, 0.3) is 0 Å². The number of nitrogens with zero attached hydrogens (tertiary/aromatic N) is 1. The van der Waals surface area contributed by atoms with E-state index in [1.54, 1.807) is 0 Å². The van der Waals surface area contributed by atoms with Gasteiger partial charge in [0.2, 0.25) is 5.91 Å². The molecular weight excluding hydrogens is 410 g/mol. The van der Waals surface area contributed by atoms with Crippen LogP contribution in [0.5, 0.6) is 0 Å². The molecule has 2 bridgehead atoms. The van der Waals surface area contributed by atoms with Crippen molar-refractivity contribution in [1.82, 2.24) is 10.3 Å². The zero-order chi connectivity index (χ0) is 22.3. The molecule has 1 aromatic rings. The number of aliphatic carboxylic acids is 1. The van der Waals surface area contributed by atoms with Gasteiger partial charge in [0.1, 0.15) is 11.9 Å². The van der Waals surface area contributed by atoms with Gasteiger partial charge in [-0.3, -0.25) is 4.79 Å². The number of carbonyl (C=O) groups excluding carboxylic acids is 1. The van der Waals surface area contributed by atoms with Crippen LogP contribution in [-0.4, -0.2) is 60.0 Å². The second-order valence-electron chi connectivity index (χ2n) is 9.22. The fourth-order valence-corrected chi connectivity index (χ4v) is 4.94. The van der Waals surface area contributed by atoms with Crippen LogP contribution < -0.4 is 10.6 Å². The predicted octanol–water partition coefficient (Wildman–Crippen LogP) is 2.70. The molecule has 4 rings (SSSR count). The Labute approximate surface area is 189 Å². The molecule has 1 amide bonds. The maximum absolute atomic E-state index is 12.5. The van der Waals surface area contributed by atoms with E-state index in [4.69, 9.17) is 14.5 Å². The van der Waals surface area contributed by atoms with Gasteiger partial charge in [-0.25, -0.2) is 9.78 Å². The van der Waals surface area contributed by atoms with Crippen LogP contribution in [0.25, 0.3) is 0 Å². The number of rotatable bonds is 11. The Morgan fingerprint density at radius 2 is 2.03 bits per heavy atom. The Morgan fingerprint density at radius 1 is 1.22 bits per heavy atom. The average Bonchev–Trinajstić information content (AvgIpc) is 3.14. The van der Waals surface area contributed by atoms with E-state index >= 15 is 0 Å². The van der Waals surface area contributed by atoms with Crippen LogP contribution >= 0.6 is 0 Å². The van der Waals surface area contributed by atoms with Crippen LogP contribution in [0.15, 0.2) is 12.1 Å². The van der Waals surface area contributed by atoms with Crippen LogP contribution in [0.4, 0.5) is 5.82 Å². The summed E-state index contributed by atoms with van der Waals surface area (Å²) < 4.78 is 11.4. The molecule has 2 saturated heterocycles. The van der Waals surface area contributed by atoms with Gasteiger partial charge in [-0.05, 0) is 69.4 Å². The van der Waals surface area contributed by atoms with E-state index in [2.05, 4.69) is 22.8 Å². The highest BCUT2D eigenvalue weighted by atomic mass is 16.5. The lowest BCUT2D eigenvalue weighted by Gasteiger charge is -2.28. The van der Waals surface area contributed by atoms with Gasteiger partial charge in [-0.15, -0.1) is 0 Å². The lowest BCUT2D eigenvalue weighted by atomic mass is 9.94. The fraction of sp³-hybridized carbons (Fsp3) is 0.708. The number of carboxylic acids is 1. The largest absolute Gasteiger partial charge is 0.480 e. The van der Waals surface area contributed by atoms with Gasteiger partial charge in [0, 0.05) is 37.8 Å². The quantitative estimate of drug-likeness (QED) is 0.449. The topological polar surface area (TPSA) is 110 Å². The molecule has 0 radical (unpaired) electrons. The molecule has 8 heteroatoms. The maximum Gasteiger partial charge on any atom is 0.326 e. The Morgan fingerprint density at radius 3 is 2.81 bits per heavy atom. The molecule has 0 saturated carbocycles. The van der Waals surface area contributed by atoms with Gasteiger partial charge < -0.3 is 25.2 Å². The number of carbonyl (C=O) groups is 2. The predicted molar refractivity (Wildman–Crippen MR) is 120 cm³/mol. The summed E-state index contributed by atoms with van der Waals surface area (Å²) in [5.41, 5.74) is 2.39. The molecule has 1 aromatic heterocycles. The summed E-state index contributed by atoms with van der Waals surface area (Å²) >= 11 is 0. The van der Waals surface area contributed by atoms with Crippen molar-refractivity contribution in [2.45, 2.75) is 82.5 Å². The van der Waals surface area contributed by atoms with Crippen LogP contribution in [0.2, 0.25) is 0 Å². The van der Waals surface area contributed by atoms with Crippen LogP contribution in [0, 0.1) is 5.92 Å². The van der Waals surface area contributed by atoms with Gasteiger partial charge in [0.15, 0.2) is 0 Å². The van der Waals surface area contributed by atoms with Gasteiger partial charge in [0.05, 0.1) is 12.2 Å². The van der Waals surface area contributed by atoms with E-state index in [0.29, 0.717) is 26.1 Å². The Kier molecular flexibility index (Phi) is 7.97. The molecule has 0 aliphatic carbocycles. The van der Waals surface area contributed by atoms with Gasteiger partial charge in [-0.1, -0.05) is 6.07 Å². The summed E-state index contributed by atoms with van der Waals surface area (Å²) in [6, 6.07) is 3.37. The highest BCUT2D eigenvalue weighted by molar-refractivity contribution is 5.85. The van der Waals surface area contributed by atoms with E-state index in [9.17, 15) is 14.7 Å². The molecule has 3 atom stereocenters. The number of aryl methyl sites for hydroxylation is 2. The number of unbranched alkanes of at least 4 members (excludes halogenated alkanes) is 1. The van der Waals surface area contributed by atoms with Crippen molar-refractivity contribution in [2.75, 3.05) is 25.1 Å². The highest BCUT2D eigenvalue weighted by Crippen LogP contribution is 2.35. The second-order valence-corrected chi connectivity index (χ2v) is 9.22. The summed E-state index contributed by atoms with van der Waals surface area (Å²) in [6.07, 6.45) is 9.00. The van der Waals surface area contributed by atoms with Crippen LogP contribution in [0.1, 0.15) is 62.6 Å². The minimum atomic E-state index is -1.01. The molecule has 32 heavy (non-hydrogen) atoms. The maximum atomic E-state index is 12.5. The van der Waals surface area contributed by atoms with Gasteiger partial charge in [-0.2, -0.15) is 0 Å².